The molecule has 0 unspecified atom stereocenters. The number of nitrogens with one attached hydrogen (secondary N) is 1. The largest absolute Gasteiger partial charge is 0.416 e. The van der Waals surface area contributed by atoms with Crippen molar-refractivity contribution in [3.05, 3.63) is 70.2 Å². The number of carbonyl (C=O) groups excluding carboxylic acids is 1. The van der Waals surface area contributed by atoms with Gasteiger partial charge in [0.15, 0.2) is 0 Å². The number of alkyl halides is 3. The van der Waals surface area contributed by atoms with E-state index >= 15 is 0 Å². The van der Waals surface area contributed by atoms with Crippen molar-refractivity contribution < 1.29 is 22.7 Å². The summed E-state index contributed by atoms with van der Waals surface area (Å²) in [5.41, 5.74) is 0.290. The normalized spacial score (nSPS) is 11.3. The maximum absolute atomic E-state index is 12.4. The molecule has 0 aromatic heterocycles. The first-order valence-electron chi connectivity index (χ1n) is 7.14. The van der Waals surface area contributed by atoms with Gasteiger partial charge < -0.3 is 10.1 Å². The third-order valence-electron chi connectivity index (χ3n) is 3.16. The quantitative estimate of drug-likeness (QED) is 0.782. The van der Waals surface area contributed by atoms with Gasteiger partial charge in [-0.2, -0.15) is 13.2 Å². The van der Waals surface area contributed by atoms with Gasteiger partial charge in [0.05, 0.1) is 18.8 Å². The van der Waals surface area contributed by atoms with Crippen LogP contribution in [0.5, 0.6) is 0 Å². The van der Waals surface area contributed by atoms with Gasteiger partial charge in [-0.25, -0.2) is 0 Å². The second-order valence-electron chi connectivity index (χ2n) is 5.01. The SMILES string of the molecule is O=C(NCCOCc1cccc(Cl)c1)c1ccc(C(F)(F)F)cc1. The molecule has 0 bridgehead atoms. The average molecular weight is 358 g/mol. The van der Waals surface area contributed by atoms with Crippen molar-refractivity contribution in [1.29, 1.82) is 0 Å². The van der Waals surface area contributed by atoms with Crippen LogP contribution < -0.4 is 5.32 Å². The van der Waals surface area contributed by atoms with Crippen LogP contribution in [0.1, 0.15) is 21.5 Å². The molecule has 0 heterocycles. The van der Waals surface area contributed by atoms with Gasteiger partial charge in [-0.3, -0.25) is 4.79 Å². The monoisotopic (exact) mass is 357 g/mol. The molecule has 1 N–H and O–H groups in total. The summed E-state index contributed by atoms with van der Waals surface area (Å²) in [5.74, 6) is -0.449. The number of amides is 1. The molecule has 0 aliphatic carbocycles. The fourth-order valence-electron chi connectivity index (χ4n) is 1.97. The highest BCUT2D eigenvalue weighted by molar-refractivity contribution is 6.30. The molecule has 24 heavy (non-hydrogen) atoms. The first-order chi connectivity index (χ1) is 11.4. The fraction of sp³-hybridized carbons (Fsp3) is 0.235. The van der Waals surface area contributed by atoms with Crippen molar-refractivity contribution in [2.45, 2.75) is 12.8 Å². The summed E-state index contributed by atoms with van der Waals surface area (Å²) in [6.07, 6.45) is -4.41. The van der Waals surface area contributed by atoms with Crippen LogP contribution >= 0.6 is 11.6 Å². The van der Waals surface area contributed by atoms with E-state index in [0.29, 0.717) is 11.6 Å². The zero-order valence-corrected chi connectivity index (χ0v) is 13.3. The van der Waals surface area contributed by atoms with Crippen LogP contribution in [0.2, 0.25) is 5.02 Å². The van der Waals surface area contributed by atoms with E-state index in [4.69, 9.17) is 16.3 Å². The first-order valence-corrected chi connectivity index (χ1v) is 7.52. The lowest BCUT2D eigenvalue weighted by atomic mass is 10.1. The summed E-state index contributed by atoms with van der Waals surface area (Å²) >= 11 is 5.85. The van der Waals surface area contributed by atoms with Gasteiger partial charge in [-0.05, 0) is 42.0 Å². The lowest BCUT2D eigenvalue weighted by Gasteiger charge is -2.09. The summed E-state index contributed by atoms with van der Waals surface area (Å²) in [6.45, 7) is 0.885. The molecule has 0 saturated heterocycles. The van der Waals surface area contributed by atoms with Crippen LogP contribution in [0.4, 0.5) is 13.2 Å². The topological polar surface area (TPSA) is 38.3 Å². The van der Waals surface area contributed by atoms with E-state index in [0.717, 1.165) is 29.8 Å². The van der Waals surface area contributed by atoms with E-state index < -0.39 is 17.6 Å². The van der Waals surface area contributed by atoms with Crippen molar-refractivity contribution in [2.75, 3.05) is 13.2 Å². The molecule has 7 heteroatoms. The standard InChI is InChI=1S/C17H15ClF3NO2/c18-15-3-1-2-12(10-15)11-24-9-8-22-16(23)13-4-6-14(7-5-13)17(19,20)21/h1-7,10H,8-9,11H2,(H,22,23). The average Bonchev–Trinajstić information content (AvgIpc) is 2.54. The van der Waals surface area contributed by atoms with Crippen molar-refractivity contribution in [3.8, 4) is 0 Å². The number of benzene rings is 2. The highest BCUT2D eigenvalue weighted by atomic mass is 35.5. The van der Waals surface area contributed by atoms with Crippen molar-refractivity contribution in [3.63, 3.8) is 0 Å². The molecule has 0 spiro atoms. The van der Waals surface area contributed by atoms with Gasteiger partial charge in [0.1, 0.15) is 0 Å². The van der Waals surface area contributed by atoms with Crippen molar-refractivity contribution >= 4 is 17.5 Å². The van der Waals surface area contributed by atoms with Crippen LogP contribution in [0, 0.1) is 0 Å². The van der Waals surface area contributed by atoms with Gasteiger partial charge in [0, 0.05) is 17.1 Å². The van der Waals surface area contributed by atoms with Gasteiger partial charge in [-0.15, -0.1) is 0 Å². The Labute approximate surface area is 142 Å². The van der Waals surface area contributed by atoms with E-state index in [-0.39, 0.29) is 18.7 Å². The van der Waals surface area contributed by atoms with E-state index in [1.54, 1.807) is 12.1 Å². The second-order valence-corrected chi connectivity index (χ2v) is 5.45. The summed E-state index contributed by atoms with van der Waals surface area (Å²) in [4.78, 5) is 11.8. The van der Waals surface area contributed by atoms with Crippen LogP contribution in [0.25, 0.3) is 0 Å². The maximum Gasteiger partial charge on any atom is 0.416 e. The van der Waals surface area contributed by atoms with E-state index in [1.165, 1.54) is 0 Å². The molecular weight excluding hydrogens is 343 g/mol. The van der Waals surface area contributed by atoms with Gasteiger partial charge in [-0.1, -0.05) is 23.7 Å². The fourth-order valence-corrected chi connectivity index (χ4v) is 2.18. The molecule has 2 aromatic rings. The Morgan fingerprint density at radius 2 is 1.83 bits per heavy atom. The van der Waals surface area contributed by atoms with Crippen LogP contribution in [-0.2, 0) is 17.5 Å². The van der Waals surface area contributed by atoms with Crippen molar-refractivity contribution in [2.24, 2.45) is 0 Å². The number of rotatable bonds is 6. The van der Waals surface area contributed by atoms with Gasteiger partial charge in [0.25, 0.3) is 5.91 Å². The summed E-state index contributed by atoms with van der Waals surface area (Å²) in [7, 11) is 0. The molecule has 0 saturated carbocycles. The van der Waals surface area contributed by atoms with Crippen LogP contribution in [0.3, 0.4) is 0 Å². The number of ether oxygens (including phenoxy) is 1. The molecule has 1 amide bonds. The van der Waals surface area contributed by atoms with E-state index in [1.807, 2.05) is 12.1 Å². The molecule has 0 atom stereocenters. The predicted molar refractivity (Wildman–Crippen MR) is 84.9 cm³/mol. The minimum Gasteiger partial charge on any atom is -0.375 e. The Hall–Kier alpha value is -2.05. The minimum atomic E-state index is -4.41. The van der Waals surface area contributed by atoms with Crippen LogP contribution in [-0.4, -0.2) is 19.1 Å². The molecule has 0 aliphatic heterocycles. The molecule has 128 valence electrons. The van der Waals surface area contributed by atoms with Gasteiger partial charge in [0.2, 0.25) is 0 Å². The van der Waals surface area contributed by atoms with E-state index in [2.05, 4.69) is 5.32 Å². The number of hydrogen-bond donors (Lipinski definition) is 1. The van der Waals surface area contributed by atoms with E-state index in [9.17, 15) is 18.0 Å². The maximum atomic E-state index is 12.4. The smallest absolute Gasteiger partial charge is 0.375 e. The molecule has 0 radical (unpaired) electrons. The third kappa shape index (κ3) is 5.54. The Balaban J connectivity index is 1.73. The Morgan fingerprint density at radius 1 is 1.12 bits per heavy atom. The Morgan fingerprint density at radius 3 is 2.46 bits per heavy atom. The molecule has 3 nitrogen and oxygen atoms in total. The lowest BCUT2D eigenvalue weighted by molar-refractivity contribution is -0.137. The summed E-state index contributed by atoms with van der Waals surface area (Å²) < 4.78 is 42.7. The minimum absolute atomic E-state index is 0.165. The Kier molecular flexibility index (Phi) is 6.23. The Bertz CT molecular complexity index is 687. The zero-order valence-electron chi connectivity index (χ0n) is 12.6. The van der Waals surface area contributed by atoms with Crippen LogP contribution in [0.15, 0.2) is 48.5 Å². The summed E-state index contributed by atoms with van der Waals surface area (Å²) in [5, 5.41) is 3.20. The predicted octanol–water partition coefficient (Wildman–Crippen LogP) is 4.31. The summed E-state index contributed by atoms with van der Waals surface area (Å²) in [6, 6.07) is 11.3. The molecule has 0 fully saturated rings. The first kappa shape index (κ1) is 18.3. The number of carbonyl (C=O) groups is 1. The highest BCUT2D eigenvalue weighted by Gasteiger charge is 2.30. The third-order valence-corrected chi connectivity index (χ3v) is 3.40. The number of halogens is 4. The molecule has 0 aliphatic rings. The molecule has 2 rings (SSSR count). The lowest BCUT2D eigenvalue weighted by Crippen LogP contribution is -2.27. The molecule has 2 aromatic carbocycles. The molecular formula is C17H15ClF3NO2. The zero-order chi connectivity index (χ0) is 17.6. The highest BCUT2D eigenvalue weighted by Crippen LogP contribution is 2.29. The second kappa shape index (κ2) is 8.17. The van der Waals surface area contributed by atoms with Gasteiger partial charge >= 0.3 is 6.18 Å². The van der Waals surface area contributed by atoms with Crippen molar-refractivity contribution in [1.82, 2.24) is 5.32 Å². The number of hydrogen-bond acceptors (Lipinski definition) is 2.